The fourth-order valence-electron chi connectivity index (χ4n) is 12.0. The summed E-state index contributed by atoms with van der Waals surface area (Å²) in [6, 6.07) is -0.534. The van der Waals surface area contributed by atoms with Crippen molar-refractivity contribution >= 4 is 11.9 Å². The molecule has 82 heavy (non-hydrogen) atoms. The lowest BCUT2D eigenvalue weighted by atomic mass is 10.0. The quantitative estimate of drug-likeness (QED) is 0.0320. The van der Waals surface area contributed by atoms with Crippen molar-refractivity contribution in [1.82, 2.24) is 5.32 Å². The molecule has 0 rings (SSSR count). The molecule has 0 saturated heterocycles. The molecule has 3 N–H and O–H groups in total. The number of rotatable bonds is 71. The monoisotopic (exact) mass is 1150 g/mol. The van der Waals surface area contributed by atoms with Gasteiger partial charge in [0.15, 0.2) is 0 Å². The van der Waals surface area contributed by atoms with Gasteiger partial charge in [0.1, 0.15) is 0 Å². The summed E-state index contributed by atoms with van der Waals surface area (Å²) in [5.74, 6) is -0.00933. The molecular formula is C76H147NO5. The van der Waals surface area contributed by atoms with Crippen molar-refractivity contribution in [3.63, 3.8) is 0 Å². The number of aliphatic hydroxyl groups is 2. The van der Waals surface area contributed by atoms with Gasteiger partial charge in [-0.25, -0.2) is 0 Å². The Morgan fingerprint density at radius 2 is 0.610 bits per heavy atom. The normalized spacial score (nSPS) is 12.6. The Bertz CT molecular complexity index is 1280. The summed E-state index contributed by atoms with van der Waals surface area (Å²) in [5, 5.41) is 23.2. The van der Waals surface area contributed by atoms with E-state index in [9.17, 15) is 19.8 Å². The van der Waals surface area contributed by atoms with Crippen molar-refractivity contribution in [2.75, 3.05) is 13.2 Å². The highest BCUT2D eigenvalue weighted by Gasteiger charge is 2.20. The van der Waals surface area contributed by atoms with Crippen molar-refractivity contribution in [3.8, 4) is 0 Å². The van der Waals surface area contributed by atoms with Crippen molar-refractivity contribution in [2.24, 2.45) is 0 Å². The third-order valence-electron chi connectivity index (χ3n) is 17.8. The van der Waals surface area contributed by atoms with Crippen LogP contribution in [0.25, 0.3) is 0 Å². The van der Waals surface area contributed by atoms with Gasteiger partial charge in [0.05, 0.1) is 25.4 Å². The van der Waals surface area contributed by atoms with Crippen LogP contribution in [0.15, 0.2) is 24.3 Å². The number of hydrogen-bond donors (Lipinski definition) is 3. The van der Waals surface area contributed by atoms with Crippen LogP contribution >= 0.6 is 0 Å². The van der Waals surface area contributed by atoms with E-state index in [1.807, 2.05) is 0 Å². The van der Waals surface area contributed by atoms with Crippen molar-refractivity contribution < 1.29 is 24.5 Å². The number of carbonyl (C=O) groups is 2. The predicted molar refractivity (Wildman–Crippen MR) is 361 cm³/mol. The summed E-state index contributed by atoms with van der Waals surface area (Å²) >= 11 is 0. The summed E-state index contributed by atoms with van der Waals surface area (Å²) in [4.78, 5) is 24.6. The molecule has 0 radical (unpaired) electrons. The first-order valence-corrected chi connectivity index (χ1v) is 37.6. The van der Waals surface area contributed by atoms with Gasteiger partial charge < -0.3 is 20.3 Å². The second-order valence-corrected chi connectivity index (χ2v) is 26.0. The molecule has 0 spiro atoms. The molecule has 6 nitrogen and oxygen atoms in total. The molecule has 1 amide bonds. The highest BCUT2D eigenvalue weighted by Crippen LogP contribution is 2.20. The molecule has 2 unspecified atom stereocenters. The molecule has 0 aromatic rings. The van der Waals surface area contributed by atoms with E-state index in [0.717, 1.165) is 44.9 Å². The first kappa shape index (κ1) is 80.3. The molecule has 6 heteroatoms. The molecule has 0 bridgehead atoms. The number of nitrogens with one attached hydrogen (secondary N) is 1. The third kappa shape index (κ3) is 67.5. The van der Waals surface area contributed by atoms with Gasteiger partial charge >= 0.3 is 5.97 Å². The number of esters is 1. The number of carbonyl (C=O) groups excluding carboxylic acids is 2. The average molecular weight is 1160 g/mol. The summed E-state index contributed by atoms with van der Waals surface area (Å²) < 4.78 is 5.51. The first-order chi connectivity index (χ1) is 40.5. The van der Waals surface area contributed by atoms with Crippen LogP contribution in [0.5, 0.6) is 0 Å². The topological polar surface area (TPSA) is 95.9 Å². The van der Waals surface area contributed by atoms with E-state index in [0.29, 0.717) is 25.9 Å². The minimum absolute atomic E-state index is 0.0202. The summed E-state index contributed by atoms with van der Waals surface area (Å²) in [6.45, 7) is 4.94. The molecule has 0 aliphatic rings. The van der Waals surface area contributed by atoms with Crippen LogP contribution in [0, 0.1) is 0 Å². The van der Waals surface area contributed by atoms with Gasteiger partial charge in [-0.1, -0.05) is 378 Å². The number of hydrogen-bond acceptors (Lipinski definition) is 5. The van der Waals surface area contributed by atoms with Crippen molar-refractivity contribution in [2.45, 2.75) is 437 Å². The van der Waals surface area contributed by atoms with Gasteiger partial charge in [-0.05, 0) is 57.8 Å². The average Bonchev–Trinajstić information content (AvgIpc) is 3.48. The van der Waals surface area contributed by atoms with Crippen molar-refractivity contribution in [1.29, 1.82) is 0 Å². The van der Waals surface area contributed by atoms with Gasteiger partial charge in [0.25, 0.3) is 0 Å². The smallest absolute Gasteiger partial charge is 0.305 e. The van der Waals surface area contributed by atoms with Crippen LogP contribution in [0.4, 0.5) is 0 Å². The maximum atomic E-state index is 12.4. The molecule has 0 aromatic carbocycles. The second-order valence-electron chi connectivity index (χ2n) is 26.0. The zero-order valence-electron chi connectivity index (χ0n) is 55.8. The molecule has 0 fully saturated rings. The van der Waals surface area contributed by atoms with Gasteiger partial charge in [0, 0.05) is 12.8 Å². The van der Waals surface area contributed by atoms with Crippen LogP contribution in [-0.4, -0.2) is 47.4 Å². The largest absolute Gasteiger partial charge is 0.466 e. The summed E-state index contributed by atoms with van der Waals surface area (Å²) in [5.41, 5.74) is 0. The maximum absolute atomic E-state index is 12.4. The summed E-state index contributed by atoms with van der Waals surface area (Å²) in [7, 11) is 0. The van der Waals surface area contributed by atoms with E-state index in [1.54, 1.807) is 0 Å². The number of ether oxygens (including phenoxy) is 1. The fraction of sp³-hybridized carbons (Fsp3) is 0.921. The maximum Gasteiger partial charge on any atom is 0.305 e. The van der Waals surface area contributed by atoms with Crippen LogP contribution in [-0.2, 0) is 14.3 Å². The lowest BCUT2D eigenvalue weighted by Crippen LogP contribution is -2.45. The van der Waals surface area contributed by atoms with Gasteiger partial charge in [-0.3, -0.25) is 9.59 Å². The molecule has 486 valence electrons. The number of aliphatic hydroxyl groups excluding tert-OH is 2. The van der Waals surface area contributed by atoms with E-state index in [4.69, 9.17) is 4.74 Å². The van der Waals surface area contributed by atoms with Gasteiger partial charge in [-0.15, -0.1) is 0 Å². The highest BCUT2D eigenvalue weighted by atomic mass is 16.5. The number of amides is 1. The van der Waals surface area contributed by atoms with Crippen LogP contribution in [0.2, 0.25) is 0 Å². The van der Waals surface area contributed by atoms with E-state index in [2.05, 4.69) is 43.5 Å². The minimum Gasteiger partial charge on any atom is -0.466 e. The Morgan fingerprint density at radius 1 is 0.341 bits per heavy atom. The Balaban J connectivity index is 3.26. The van der Waals surface area contributed by atoms with Crippen molar-refractivity contribution in [3.05, 3.63) is 24.3 Å². The molecule has 2 atom stereocenters. The standard InChI is InChI=1S/C76H147NO5/c1-3-5-7-9-11-13-14-15-16-17-37-41-44-47-50-54-58-62-66-70-76(81)82-71-67-63-59-55-51-48-45-42-39-36-34-32-30-28-26-24-22-20-18-19-21-23-25-27-29-31-33-35-38-40-43-46-49-53-57-61-65-69-75(80)77-73(72-78)74(79)68-64-60-56-52-12-10-8-6-4-2/h11,13,15-16,73-74,78-79H,3-10,12,14,17-72H2,1-2H3,(H,77,80)/b13-11-,16-15-. The predicted octanol–water partition coefficient (Wildman–Crippen LogP) is 24.5. The molecule has 0 aliphatic heterocycles. The van der Waals surface area contributed by atoms with E-state index in [-0.39, 0.29) is 18.5 Å². The lowest BCUT2D eigenvalue weighted by molar-refractivity contribution is -0.143. The van der Waals surface area contributed by atoms with Crippen LogP contribution in [0.3, 0.4) is 0 Å². The Hall–Kier alpha value is -1.66. The minimum atomic E-state index is -0.657. The number of allylic oxidation sites excluding steroid dienone is 4. The SMILES string of the molecule is CCCCC/C=C\C/C=C\CCCCCCCCCCCC(=O)OCCCCCCCCCCCCCCCCCCCCCCCCCCCCCCCCCCCCCCCC(=O)NC(CO)C(O)CCCCCCCCCCC. The lowest BCUT2D eigenvalue weighted by Gasteiger charge is -2.22. The Kier molecular flexibility index (Phi) is 70.4. The zero-order chi connectivity index (χ0) is 59.2. The molecule has 0 heterocycles. The van der Waals surface area contributed by atoms with Gasteiger partial charge in [-0.2, -0.15) is 0 Å². The van der Waals surface area contributed by atoms with Crippen LogP contribution in [0.1, 0.15) is 425 Å². The molecule has 0 aliphatic carbocycles. The zero-order valence-corrected chi connectivity index (χ0v) is 55.8. The van der Waals surface area contributed by atoms with Crippen LogP contribution < -0.4 is 5.32 Å². The fourth-order valence-corrected chi connectivity index (χ4v) is 12.0. The van der Waals surface area contributed by atoms with E-state index in [1.165, 1.54) is 347 Å². The first-order valence-electron chi connectivity index (χ1n) is 37.6. The second kappa shape index (κ2) is 71.8. The highest BCUT2D eigenvalue weighted by molar-refractivity contribution is 5.76. The Morgan fingerprint density at radius 3 is 0.951 bits per heavy atom. The molecular weight excluding hydrogens is 1010 g/mol. The van der Waals surface area contributed by atoms with E-state index >= 15 is 0 Å². The number of unbranched alkanes of at least 4 members (excludes halogenated alkanes) is 56. The Labute approximate surface area is 513 Å². The van der Waals surface area contributed by atoms with E-state index < -0.39 is 12.1 Å². The third-order valence-corrected chi connectivity index (χ3v) is 17.8. The summed E-state index contributed by atoms with van der Waals surface area (Å²) in [6.07, 6.45) is 91.4. The molecule has 0 aromatic heterocycles. The van der Waals surface area contributed by atoms with Gasteiger partial charge in [0.2, 0.25) is 5.91 Å². The molecule has 0 saturated carbocycles.